The monoisotopic (exact) mass is 452 g/mol. The molecule has 1 aromatic carbocycles. The summed E-state index contributed by atoms with van der Waals surface area (Å²) in [5.41, 5.74) is 1.65. The molecular weight excluding hydrogens is 419 g/mol. The summed E-state index contributed by atoms with van der Waals surface area (Å²) in [6.07, 6.45) is 4.62. The number of aryl methyl sites for hydroxylation is 1. The lowest BCUT2D eigenvalue weighted by Gasteiger charge is -2.22. The van der Waals surface area contributed by atoms with Crippen molar-refractivity contribution in [1.29, 1.82) is 0 Å². The van der Waals surface area contributed by atoms with Gasteiger partial charge in [-0.1, -0.05) is 30.5 Å². The third kappa shape index (κ3) is 7.27. The van der Waals surface area contributed by atoms with Crippen LogP contribution in [-0.2, 0) is 23.2 Å². The van der Waals surface area contributed by atoms with Gasteiger partial charge in [0.25, 0.3) is 5.91 Å². The Morgan fingerprint density at radius 2 is 1.77 bits per heavy atom. The SMILES string of the molecule is CCOP(=O)(CC(=NOC)C(=O)Nc1cc(C)ccc1C(=O)C1CCCCC1)OCC. The average molecular weight is 452 g/mol. The lowest BCUT2D eigenvalue weighted by molar-refractivity contribution is -0.110. The summed E-state index contributed by atoms with van der Waals surface area (Å²) in [6.45, 7) is 5.59. The zero-order chi connectivity index (χ0) is 22.9. The van der Waals surface area contributed by atoms with Crippen LogP contribution in [-0.4, -0.2) is 43.9 Å². The van der Waals surface area contributed by atoms with E-state index in [0.29, 0.717) is 11.3 Å². The van der Waals surface area contributed by atoms with E-state index in [0.717, 1.165) is 37.7 Å². The number of anilines is 1. The van der Waals surface area contributed by atoms with Crippen molar-refractivity contribution >= 4 is 30.7 Å². The average Bonchev–Trinajstić information content (AvgIpc) is 2.74. The number of ketones is 1. The van der Waals surface area contributed by atoms with E-state index in [1.807, 2.05) is 13.0 Å². The normalized spacial score (nSPS) is 15.5. The van der Waals surface area contributed by atoms with Crippen LogP contribution in [0.25, 0.3) is 0 Å². The molecule has 1 amide bonds. The Morgan fingerprint density at radius 1 is 1.13 bits per heavy atom. The molecule has 0 heterocycles. The van der Waals surface area contributed by atoms with Gasteiger partial charge in [-0.3, -0.25) is 14.2 Å². The number of benzene rings is 1. The molecule has 0 aliphatic heterocycles. The number of nitrogens with one attached hydrogen (secondary N) is 1. The maximum atomic E-state index is 13.1. The Bertz CT molecular complexity index is 838. The van der Waals surface area contributed by atoms with Crippen LogP contribution in [0.5, 0.6) is 0 Å². The molecule has 172 valence electrons. The van der Waals surface area contributed by atoms with Crippen LogP contribution < -0.4 is 5.32 Å². The summed E-state index contributed by atoms with van der Waals surface area (Å²) in [6, 6.07) is 5.36. The number of hydrogen-bond acceptors (Lipinski definition) is 7. The van der Waals surface area contributed by atoms with Crippen LogP contribution >= 0.6 is 7.60 Å². The van der Waals surface area contributed by atoms with Gasteiger partial charge in [0.2, 0.25) is 0 Å². The van der Waals surface area contributed by atoms with E-state index in [4.69, 9.17) is 13.9 Å². The molecule has 1 aromatic rings. The zero-order valence-corrected chi connectivity index (χ0v) is 19.7. The van der Waals surface area contributed by atoms with Crippen molar-refractivity contribution in [2.24, 2.45) is 11.1 Å². The standard InChI is InChI=1S/C22H33N2O6P/c1-5-29-31(27,30-6-2)15-20(24-28-4)22(26)23-19-14-16(3)12-13-18(19)21(25)17-10-8-7-9-11-17/h12-14,17H,5-11,15H2,1-4H3,(H,23,26). The van der Waals surface area contributed by atoms with Gasteiger partial charge in [0.15, 0.2) is 11.5 Å². The van der Waals surface area contributed by atoms with Gasteiger partial charge in [0, 0.05) is 11.5 Å². The molecule has 0 atom stereocenters. The molecule has 0 saturated heterocycles. The molecule has 31 heavy (non-hydrogen) atoms. The van der Waals surface area contributed by atoms with E-state index in [9.17, 15) is 14.2 Å². The van der Waals surface area contributed by atoms with Crippen molar-refractivity contribution < 1.29 is 28.0 Å². The number of hydrogen-bond donors (Lipinski definition) is 1. The molecule has 0 spiro atoms. The van der Waals surface area contributed by atoms with Gasteiger partial charge in [-0.25, -0.2) is 0 Å². The summed E-state index contributed by atoms with van der Waals surface area (Å²) in [4.78, 5) is 30.9. The molecule has 1 aliphatic rings. The number of Topliss-reactive ketones (excluding diaryl/α,β-unsaturated/α-hetero) is 1. The first-order valence-corrected chi connectivity index (χ1v) is 12.5. The Kier molecular flexibility index (Phi) is 9.88. The van der Waals surface area contributed by atoms with Crippen LogP contribution in [0.3, 0.4) is 0 Å². The maximum Gasteiger partial charge on any atom is 0.336 e. The van der Waals surface area contributed by atoms with E-state index < -0.39 is 13.5 Å². The van der Waals surface area contributed by atoms with Gasteiger partial charge in [-0.05, 0) is 51.3 Å². The van der Waals surface area contributed by atoms with Crippen LogP contribution in [0.15, 0.2) is 23.4 Å². The largest absolute Gasteiger partial charge is 0.399 e. The zero-order valence-electron chi connectivity index (χ0n) is 18.8. The van der Waals surface area contributed by atoms with Crippen LogP contribution in [0, 0.1) is 12.8 Å². The highest BCUT2D eigenvalue weighted by molar-refractivity contribution is 7.55. The van der Waals surface area contributed by atoms with E-state index in [2.05, 4.69) is 10.5 Å². The minimum absolute atomic E-state index is 0.0321. The molecule has 1 fully saturated rings. The van der Waals surface area contributed by atoms with E-state index in [1.165, 1.54) is 7.11 Å². The number of rotatable bonds is 11. The van der Waals surface area contributed by atoms with Crippen molar-refractivity contribution in [3.63, 3.8) is 0 Å². The van der Waals surface area contributed by atoms with Gasteiger partial charge >= 0.3 is 7.60 Å². The van der Waals surface area contributed by atoms with E-state index in [1.54, 1.807) is 26.0 Å². The van der Waals surface area contributed by atoms with Crippen molar-refractivity contribution in [2.75, 3.05) is 31.8 Å². The van der Waals surface area contributed by atoms with E-state index >= 15 is 0 Å². The fourth-order valence-electron chi connectivity index (χ4n) is 3.71. The lowest BCUT2D eigenvalue weighted by atomic mass is 9.83. The van der Waals surface area contributed by atoms with Crippen molar-refractivity contribution in [3.05, 3.63) is 29.3 Å². The molecular formula is C22H33N2O6P. The Balaban J connectivity index is 2.27. The first-order valence-electron chi connectivity index (χ1n) is 10.8. The minimum Gasteiger partial charge on any atom is -0.399 e. The summed E-state index contributed by atoms with van der Waals surface area (Å²) in [7, 11) is -2.27. The number of nitrogens with zero attached hydrogens (tertiary/aromatic N) is 1. The molecule has 0 radical (unpaired) electrons. The second-order valence-corrected chi connectivity index (χ2v) is 9.58. The predicted molar refractivity (Wildman–Crippen MR) is 121 cm³/mol. The van der Waals surface area contributed by atoms with Crippen LogP contribution in [0.4, 0.5) is 5.69 Å². The topological polar surface area (TPSA) is 103 Å². The Labute approximate surface area is 184 Å². The van der Waals surface area contributed by atoms with Crippen molar-refractivity contribution in [2.45, 2.75) is 52.9 Å². The molecule has 9 heteroatoms. The molecule has 0 unspecified atom stereocenters. The highest BCUT2D eigenvalue weighted by Crippen LogP contribution is 2.48. The van der Waals surface area contributed by atoms with Crippen LogP contribution in [0.1, 0.15) is 61.9 Å². The summed E-state index contributed by atoms with van der Waals surface area (Å²) in [5.74, 6) is -0.616. The molecule has 8 nitrogen and oxygen atoms in total. The summed E-state index contributed by atoms with van der Waals surface area (Å²) >= 11 is 0. The second kappa shape index (κ2) is 12.1. The van der Waals surface area contributed by atoms with Crippen LogP contribution in [0.2, 0.25) is 0 Å². The first-order chi connectivity index (χ1) is 14.8. The molecule has 1 aliphatic carbocycles. The Morgan fingerprint density at radius 3 is 2.35 bits per heavy atom. The minimum atomic E-state index is -3.56. The molecule has 0 aromatic heterocycles. The first kappa shape index (κ1) is 25.2. The predicted octanol–water partition coefficient (Wildman–Crippen LogP) is 4.97. The maximum absolute atomic E-state index is 13.1. The lowest BCUT2D eigenvalue weighted by Crippen LogP contribution is -2.28. The molecule has 0 bridgehead atoms. The molecule has 2 rings (SSSR count). The van der Waals surface area contributed by atoms with Crippen molar-refractivity contribution in [3.8, 4) is 0 Å². The Hall–Kier alpha value is -2.02. The van der Waals surface area contributed by atoms with Crippen molar-refractivity contribution in [1.82, 2.24) is 0 Å². The highest BCUT2D eigenvalue weighted by Gasteiger charge is 2.31. The number of oxime groups is 1. The fraction of sp³-hybridized carbons (Fsp3) is 0.591. The quantitative estimate of drug-likeness (QED) is 0.220. The highest BCUT2D eigenvalue weighted by atomic mass is 31.2. The third-order valence-corrected chi connectivity index (χ3v) is 7.11. The van der Waals surface area contributed by atoms with Gasteiger partial charge < -0.3 is 19.2 Å². The van der Waals surface area contributed by atoms with Gasteiger partial charge in [-0.15, -0.1) is 0 Å². The fourth-order valence-corrected chi connectivity index (χ4v) is 5.33. The second-order valence-electron chi connectivity index (χ2n) is 7.53. The smallest absolute Gasteiger partial charge is 0.336 e. The van der Waals surface area contributed by atoms with E-state index in [-0.39, 0.29) is 36.8 Å². The summed E-state index contributed by atoms with van der Waals surface area (Å²) in [5, 5.41) is 6.50. The number of carbonyl (C=O) groups is 2. The molecule has 1 saturated carbocycles. The number of carbonyl (C=O) groups excluding carboxylic acids is 2. The van der Waals surface area contributed by atoms with Gasteiger partial charge in [0.1, 0.15) is 13.3 Å². The summed E-state index contributed by atoms with van der Waals surface area (Å²) < 4.78 is 23.4. The molecule has 1 N–H and O–H groups in total. The number of amides is 1. The van der Waals surface area contributed by atoms with Gasteiger partial charge in [0.05, 0.1) is 18.9 Å². The third-order valence-electron chi connectivity index (χ3n) is 5.12. The van der Waals surface area contributed by atoms with Gasteiger partial charge in [-0.2, -0.15) is 0 Å².